The van der Waals surface area contributed by atoms with Gasteiger partial charge in [0, 0.05) is 47.9 Å². The van der Waals surface area contributed by atoms with Crippen LogP contribution in [0.2, 0.25) is 0 Å². The van der Waals surface area contributed by atoms with Crippen LogP contribution in [-0.4, -0.2) is 40.0 Å². The summed E-state index contributed by atoms with van der Waals surface area (Å²) >= 11 is 1.23. The van der Waals surface area contributed by atoms with Crippen LogP contribution in [0.4, 0.5) is 11.6 Å². The summed E-state index contributed by atoms with van der Waals surface area (Å²) in [4.78, 5) is 30.8. The summed E-state index contributed by atoms with van der Waals surface area (Å²) in [6.45, 7) is 15.0. The average Bonchev–Trinajstić information content (AvgIpc) is 3.26. The number of amides is 1. The second-order valence-corrected chi connectivity index (χ2v) is 14.0. The number of aromatic nitrogens is 3. The van der Waals surface area contributed by atoms with Gasteiger partial charge in [0.2, 0.25) is 0 Å². The summed E-state index contributed by atoms with van der Waals surface area (Å²) in [6, 6.07) is 14.0. The largest absolute Gasteiger partial charge is 0.362 e. The van der Waals surface area contributed by atoms with Crippen molar-refractivity contribution >= 4 is 29.5 Å². The number of anilines is 2. The molecule has 3 aromatic rings. The van der Waals surface area contributed by atoms with E-state index in [1.807, 2.05) is 43.6 Å². The van der Waals surface area contributed by atoms with Gasteiger partial charge in [-0.1, -0.05) is 39.8 Å². The number of hydrogen-bond donors (Lipinski definition) is 3. The van der Waals surface area contributed by atoms with Crippen LogP contribution in [0.25, 0.3) is 0 Å². The van der Waals surface area contributed by atoms with Crippen molar-refractivity contribution in [3.63, 3.8) is 0 Å². The predicted molar refractivity (Wildman–Crippen MR) is 167 cm³/mol. The number of nitrogens with one attached hydrogen (secondary N) is 3. The first-order chi connectivity index (χ1) is 19.4. The summed E-state index contributed by atoms with van der Waals surface area (Å²) in [5, 5.41) is 7.59. The van der Waals surface area contributed by atoms with Crippen molar-refractivity contribution in [2.75, 3.05) is 23.8 Å². The van der Waals surface area contributed by atoms with E-state index in [2.05, 4.69) is 73.9 Å². The van der Waals surface area contributed by atoms with Crippen molar-refractivity contribution in [2.45, 2.75) is 83.0 Å². The Morgan fingerprint density at radius 2 is 1.93 bits per heavy atom. The van der Waals surface area contributed by atoms with Gasteiger partial charge in [0.25, 0.3) is 5.91 Å². The zero-order valence-electron chi connectivity index (χ0n) is 25.3. The highest BCUT2D eigenvalue weighted by molar-refractivity contribution is 7.97. The van der Waals surface area contributed by atoms with Crippen LogP contribution in [0.15, 0.2) is 53.7 Å². The first-order valence-corrected chi connectivity index (χ1v) is 15.4. The Morgan fingerprint density at radius 1 is 1.12 bits per heavy atom. The van der Waals surface area contributed by atoms with Crippen molar-refractivity contribution < 1.29 is 4.79 Å². The minimum atomic E-state index is -0.163. The van der Waals surface area contributed by atoms with Gasteiger partial charge in [0.1, 0.15) is 16.7 Å². The summed E-state index contributed by atoms with van der Waals surface area (Å²) in [7, 11) is 1.94. The third-order valence-electron chi connectivity index (χ3n) is 8.35. The zero-order valence-corrected chi connectivity index (χ0v) is 26.1. The first kappa shape index (κ1) is 29.3. The molecule has 218 valence electrons. The Balaban J connectivity index is 1.56. The van der Waals surface area contributed by atoms with E-state index in [1.54, 1.807) is 0 Å². The molecule has 3 atom stereocenters. The maximum atomic E-state index is 13.6. The minimum absolute atomic E-state index is 0.00354. The van der Waals surface area contributed by atoms with E-state index in [-0.39, 0.29) is 22.9 Å². The number of pyridine rings is 3. The molecule has 1 fully saturated rings. The van der Waals surface area contributed by atoms with E-state index in [0.717, 1.165) is 54.5 Å². The number of hydrogen-bond acceptors (Lipinski definition) is 8. The van der Waals surface area contributed by atoms with Crippen molar-refractivity contribution in [3.8, 4) is 0 Å². The Hall–Kier alpha value is -3.17. The second-order valence-electron chi connectivity index (χ2n) is 13.1. The third-order valence-corrected chi connectivity index (χ3v) is 9.07. The molecule has 3 aromatic heterocycles. The summed E-state index contributed by atoms with van der Waals surface area (Å²) in [5.74, 6) is 2.18. The molecule has 3 N–H and O–H groups in total. The quantitative estimate of drug-likeness (QED) is 0.323. The van der Waals surface area contributed by atoms with Gasteiger partial charge in [0.05, 0.1) is 17.3 Å². The van der Waals surface area contributed by atoms with Crippen molar-refractivity contribution in [1.82, 2.24) is 25.0 Å². The molecule has 0 saturated carbocycles. The van der Waals surface area contributed by atoms with Gasteiger partial charge < -0.3 is 15.5 Å². The van der Waals surface area contributed by atoms with E-state index < -0.39 is 0 Å². The average molecular weight is 574 g/mol. The molecule has 41 heavy (non-hydrogen) atoms. The van der Waals surface area contributed by atoms with E-state index in [4.69, 9.17) is 15.0 Å². The molecule has 1 amide bonds. The van der Waals surface area contributed by atoms with Crippen LogP contribution in [0.5, 0.6) is 0 Å². The fourth-order valence-corrected chi connectivity index (χ4v) is 6.55. The number of rotatable bonds is 3. The maximum absolute atomic E-state index is 13.6. The lowest BCUT2D eigenvalue weighted by Gasteiger charge is -2.34. The Labute approximate surface area is 248 Å². The number of fused-ring (bicyclic) bond motifs is 6. The molecule has 0 spiro atoms. The SMILES string of the molecule is CNCc1ccc(C2CC(C)C3CN(c4nc(C(C)(C)C)ccc4C(=O)NSc4cccc(n4)N2)C(C)(C)C3)nc1. The molecule has 3 unspecified atom stereocenters. The molecule has 0 radical (unpaired) electrons. The van der Waals surface area contributed by atoms with Gasteiger partial charge in [-0.05, 0) is 81.5 Å². The smallest absolute Gasteiger partial charge is 0.265 e. The van der Waals surface area contributed by atoms with E-state index in [1.165, 1.54) is 11.9 Å². The highest BCUT2D eigenvalue weighted by atomic mass is 32.2. The normalized spacial score (nSPS) is 22.7. The van der Waals surface area contributed by atoms with Crippen LogP contribution in [-0.2, 0) is 12.0 Å². The lowest BCUT2D eigenvalue weighted by atomic mass is 9.83. The molecular formula is C32H43N7OS. The van der Waals surface area contributed by atoms with E-state index >= 15 is 0 Å². The van der Waals surface area contributed by atoms with Crippen LogP contribution < -0.4 is 20.3 Å². The lowest BCUT2D eigenvalue weighted by Crippen LogP contribution is -2.40. The zero-order chi connectivity index (χ0) is 29.4. The number of carbonyl (C=O) groups excluding carboxylic acids is 1. The molecule has 5 heterocycles. The summed E-state index contributed by atoms with van der Waals surface area (Å²) < 4.78 is 3.03. The highest BCUT2D eigenvalue weighted by Crippen LogP contribution is 2.43. The number of nitrogens with zero attached hydrogens (tertiary/aromatic N) is 4. The van der Waals surface area contributed by atoms with Gasteiger partial charge in [-0.2, -0.15) is 0 Å². The second kappa shape index (κ2) is 11.6. The summed E-state index contributed by atoms with van der Waals surface area (Å²) in [5.41, 5.74) is 3.46. The molecule has 0 aliphatic carbocycles. The maximum Gasteiger partial charge on any atom is 0.265 e. The fourth-order valence-electron chi connectivity index (χ4n) is 5.95. The Kier molecular flexibility index (Phi) is 8.30. The molecule has 5 rings (SSSR count). The van der Waals surface area contributed by atoms with Crippen LogP contribution >= 0.6 is 11.9 Å². The van der Waals surface area contributed by atoms with Crippen molar-refractivity contribution in [2.24, 2.45) is 11.8 Å². The van der Waals surface area contributed by atoms with Crippen LogP contribution in [0.1, 0.15) is 87.7 Å². The Morgan fingerprint density at radius 3 is 2.63 bits per heavy atom. The topological polar surface area (TPSA) is 95.1 Å². The van der Waals surface area contributed by atoms with Gasteiger partial charge >= 0.3 is 0 Å². The predicted octanol–water partition coefficient (Wildman–Crippen LogP) is 6.12. The molecule has 2 aliphatic rings. The molecule has 8 nitrogen and oxygen atoms in total. The molecular weight excluding hydrogens is 530 g/mol. The van der Waals surface area contributed by atoms with Crippen molar-refractivity contribution in [3.05, 3.63) is 71.2 Å². The fraction of sp³-hybridized carbons (Fsp3) is 0.500. The lowest BCUT2D eigenvalue weighted by molar-refractivity contribution is 0.0984. The molecule has 1 saturated heterocycles. The highest BCUT2D eigenvalue weighted by Gasteiger charge is 2.43. The van der Waals surface area contributed by atoms with Crippen LogP contribution in [0, 0.1) is 11.8 Å². The van der Waals surface area contributed by atoms with Crippen molar-refractivity contribution in [1.29, 1.82) is 0 Å². The monoisotopic (exact) mass is 573 g/mol. The molecule has 4 bridgehead atoms. The number of carbonyl (C=O) groups is 1. The van der Waals surface area contributed by atoms with Crippen LogP contribution in [0.3, 0.4) is 0 Å². The molecule has 0 aromatic carbocycles. The molecule has 2 aliphatic heterocycles. The first-order valence-electron chi connectivity index (χ1n) is 14.5. The van der Waals surface area contributed by atoms with E-state index in [9.17, 15) is 4.79 Å². The van der Waals surface area contributed by atoms with E-state index in [0.29, 0.717) is 22.4 Å². The van der Waals surface area contributed by atoms with Gasteiger partial charge in [-0.25, -0.2) is 9.97 Å². The van der Waals surface area contributed by atoms with Gasteiger partial charge in [-0.3, -0.25) is 14.5 Å². The minimum Gasteiger partial charge on any atom is -0.362 e. The summed E-state index contributed by atoms with van der Waals surface area (Å²) in [6.07, 6.45) is 3.88. The van der Waals surface area contributed by atoms with Gasteiger partial charge in [0.15, 0.2) is 0 Å². The third kappa shape index (κ3) is 6.51. The molecule has 9 heteroatoms. The van der Waals surface area contributed by atoms with Gasteiger partial charge in [-0.15, -0.1) is 0 Å². The Bertz CT molecular complexity index is 1390. The standard InChI is InChI=1S/C32H43N7OS/c1-20-15-25(24-13-11-21(17-33-7)18-34-24)35-27-9-8-10-28(37-27)41-38-30(40)23-12-14-26(31(2,3)4)36-29(23)39-19-22(20)16-32(39,5)6/h8-14,18,20,22,25,33H,15-17,19H2,1-7H3,(H,35,37)(H,38,40).